The molecule has 2 aromatic carbocycles. The van der Waals surface area contributed by atoms with Crippen molar-refractivity contribution in [1.29, 1.82) is 0 Å². The van der Waals surface area contributed by atoms with Crippen LogP contribution in [0.15, 0.2) is 42.5 Å². The maximum Gasteiger partial charge on any atom is 0.323 e. The molecule has 3 N–H and O–H groups in total. The van der Waals surface area contributed by atoms with Crippen LogP contribution >= 0.6 is 0 Å². The number of anilines is 2. The fraction of sp³-hybridized carbons (Fsp3) is 0.548. The number of amides is 3. The minimum atomic E-state index is -3.45. The van der Waals surface area contributed by atoms with Gasteiger partial charge in [-0.2, -0.15) is 0 Å². The van der Waals surface area contributed by atoms with Crippen LogP contribution in [0.4, 0.5) is 16.2 Å². The van der Waals surface area contributed by atoms with E-state index in [-0.39, 0.29) is 37.3 Å². The summed E-state index contributed by atoms with van der Waals surface area (Å²) in [5.41, 5.74) is 1.17. The molecule has 244 valence electrons. The Balaban J connectivity index is 1.93. The van der Waals surface area contributed by atoms with Crippen LogP contribution in [0.2, 0.25) is 0 Å². The van der Waals surface area contributed by atoms with E-state index in [1.807, 2.05) is 13.8 Å². The summed E-state index contributed by atoms with van der Waals surface area (Å²) in [4.78, 5) is 28.5. The van der Waals surface area contributed by atoms with Crippen molar-refractivity contribution in [2.45, 2.75) is 58.3 Å². The molecule has 3 amide bonds. The number of nitrogens with zero attached hydrogens (tertiary/aromatic N) is 2. The van der Waals surface area contributed by atoms with E-state index in [0.717, 1.165) is 19.1 Å². The Morgan fingerprint density at radius 1 is 1.14 bits per heavy atom. The van der Waals surface area contributed by atoms with E-state index in [9.17, 15) is 23.1 Å². The van der Waals surface area contributed by atoms with Crippen molar-refractivity contribution < 1.29 is 37.3 Å². The van der Waals surface area contributed by atoms with Crippen LogP contribution in [0.1, 0.15) is 50.4 Å². The lowest BCUT2D eigenvalue weighted by molar-refractivity contribution is -0.00828. The van der Waals surface area contributed by atoms with Crippen LogP contribution < -0.4 is 20.1 Å². The molecule has 3 rings (SSSR count). The first-order valence-corrected chi connectivity index (χ1v) is 16.6. The van der Waals surface area contributed by atoms with Gasteiger partial charge in [0.1, 0.15) is 11.5 Å². The number of aliphatic hydroxyl groups excluding tert-OH is 1. The van der Waals surface area contributed by atoms with Crippen LogP contribution in [0, 0.1) is 5.92 Å². The summed E-state index contributed by atoms with van der Waals surface area (Å²) >= 11 is 0. The standard InChI is InChI=1S/C31H46N4O8S/c1-21-18-35(22(2)20-36)30(37)27-17-25(33-31(38)32-24-10-13-26(41-5)14-11-24)12-15-28(27)43-23(3)9-7-8-16-42-29(21)19-34(4)44(6,39)40/h10-15,17,21-23,29,36H,7-9,16,18-20H2,1-6H3,(H2,32,33,38)/t21-,22-,23-,29+/m1/s1. The predicted molar refractivity (Wildman–Crippen MR) is 170 cm³/mol. The highest BCUT2D eigenvalue weighted by Gasteiger charge is 2.31. The van der Waals surface area contributed by atoms with Crippen LogP contribution in [0.5, 0.6) is 11.5 Å². The molecule has 0 spiro atoms. The fourth-order valence-corrected chi connectivity index (χ4v) is 5.24. The maximum absolute atomic E-state index is 14.2. The molecule has 1 aliphatic heterocycles. The number of hydrogen-bond acceptors (Lipinski definition) is 8. The van der Waals surface area contributed by atoms with Crippen LogP contribution in [0.25, 0.3) is 0 Å². The van der Waals surface area contributed by atoms with Crippen molar-refractivity contribution in [3.8, 4) is 11.5 Å². The Labute approximate surface area is 260 Å². The normalized spacial score (nSPS) is 21.0. The lowest BCUT2D eigenvalue weighted by Gasteiger charge is -2.35. The third-order valence-electron chi connectivity index (χ3n) is 7.66. The SMILES string of the molecule is COc1ccc(NC(=O)Nc2ccc3c(c2)C(=O)N([C@H](C)CO)C[C@@H](C)[C@H](CN(C)S(C)(=O)=O)OCCCC[C@@H](C)O3)cc1. The highest BCUT2D eigenvalue weighted by atomic mass is 32.2. The third kappa shape index (κ3) is 10.1. The number of methoxy groups -OCH3 is 1. The first kappa shape index (κ1) is 35.1. The quantitative estimate of drug-likeness (QED) is 0.395. The van der Waals surface area contributed by atoms with Crippen molar-refractivity contribution >= 4 is 33.3 Å². The smallest absolute Gasteiger partial charge is 0.323 e. The highest BCUT2D eigenvalue weighted by molar-refractivity contribution is 7.88. The number of ether oxygens (including phenoxy) is 3. The zero-order valence-corrected chi connectivity index (χ0v) is 27.2. The molecule has 0 unspecified atom stereocenters. The lowest BCUT2D eigenvalue weighted by Crippen LogP contribution is -2.47. The first-order valence-electron chi connectivity index (χ1n) is 14.8. The summed E-state index contributed by atoms with van der Waals surface area (Å²) in [7, 11) is -0.382. The summed E-state index contributed by atoms with van der Waals surface area (Å²) in [5.74, 6) is 0.353. The van der Waals surface area contributed by atoms with E-state index >= 15 is 0 Å². The molecule has 0 bridgehead atoms. The number of rotatable bonds is 8. The Hall–Kier alpha value is -3.39. The molecular weight excluding hydrogens is 588 g/mol. The number of aliphatic hydroxyl groups is 1. The van der Waals surface area contributed by atoms with Crippen molar-refractivity contribution in [2.24, 2.45) is 5.92 Å². The monoisotopic (exact) mass is 634 g/mol. The zero-order valence-electron chi connectivity index (χ0n) is 26.4. The van der Waals surface area contributed by atoms with Gasteiger partial charge in [-0.3, -0.25) is 4.79 Å². The molecule has 0 fully saturated rings. The van der Waals surface area contributed by atoms with Crippen LogP contribution in [0.3, 0.4) is 0 Å². The summed E-state index contributed by atoms with van der Waals surface area (Å²) in [5, 5.41) is 15.6. The minimum Gasteiger partial charge on any atom is -0.497 e. The van der Waals surface area contributed by atoms with E-state index in [1.54, 1.807) is 61.4 Å². The molecule has 0 aliphatic carbocycles. The van der Waals surface area contributed by atoms with E-state index in [4.69, 9.17) is 14.2 Å². The molecule has 2 aromatic rings. The van der Waals surface area contributed by atoms with Crippen molar-refractivity contribution in [3.05, 3.63) is 48.0 Å². The molecular formula is C31H46N4O8S. The van der Waals surface area contributed by atoms with Gasteiger partial charge in [0.15, 0.2) is 0 Å². The van der Waals surface area contributed by atoms with Gasteiger partial charge in [-0.15, -0.1) is 0 Å². The zero-order chi connectivity index (χ0) is 32.4. The second-order valence-electron chi connectivity index (χ2n) is 11.4. The van der Waals surface area contributed by atoms with Crippen molar-refractivity contribution in [3.63, 3.8) is 0 Å². The van der Waals surface area contributed by atoms with Crippen molar-refractivity contribution in [1.82, 2.24) is 9.21 Å². The summed E-state index contributed by atoms with van der Waals surface area (Å²) < 4.78 is 43.2. The number of sulfonamides is 1. The van der Waals surface area contributed by atoms with Crippen LogP contribution in [-0.4, -0.2) is 99.6 Å². The van der Waals surface area contributed by atoms with Gasteiger partial charge in [0.25, 0.3) is 5.91 Å². The largest absolute Gasteiger partial charge is 0.497 e. The Kier molecular flexibility index (Phi) is 12.8. The number of nitrogens with one attached hydrogen (secondary N) is 2. The average molecular weight is 635 g/mol. The van der Waals surface area contributed by atoms with Gasteiger partial charge < -0.3 is 34.9 Å². The second kappa shape index (κ2) is 16.1. The number of fused-ring (bicyclic) bond motifs is 1. The van der Waals surface area contributed by atoms with E-state index in [1.165, 1.54) is 11.4 Å². The van der Waals surface area contributed by atoms with Crippen LogP contribution in [-0.2, 0) is 14.8 Å². The van der Waals surface area contributed by atoms with Gasteiger partial charge in [0, 0.05) is 44.0 Å². The molecule has 13 heteroatoms. The summed E-state index contributed by atoms with van der Waals surface area (Å²) in [6.45, 7) is 6.03. The van der Waals surface area contributed by atoms with E-state index < -0.39 is 34.1 Å². The van der Waals surface area contributed by atoms with Gasteiger partial charge in [-0.25, -0.2) is 17.5 Å². The molecule has 0 saturated heterocycles. The van der Waals surface area contributed by atoms with Gasteiger partial charge in [-0.05, 0) is 75.6 Å². The number of carbonyl (C=O) groups excluding carboxylic acids is 2. The number of benzene rings is 2. The molecule has 0 aromatic heterocycles. The third-order valence-corrected chi connectivity index (χ3v) is 8.94. The molecule has 0 radical (unpaired) electrons. The molecule has 0 saturated carbocycles. The average Bonchev–Trinajstić information content (AvgIpc) is 2.98. The number of carbonyl (C=O) groups is 2. The Bertz CT molecular complexity index is 1350. The van der Waals surface area contributed by atoms with Gasteiger partial charge in [0.2, 0.25) is 10.0 Å². The van der Waals surface area contributed by atoms with Gasteiger partial charge in [0.05, 0.1) is 43.8 Å². The van der Waals surface area contributed by atoms with E-state index in [0.29, 0.717) is 35.9 Å². The van der Waals surface area contributed by atoms with Crippen molar-refractivity contribution in [2.75, 3.05) is 57.4 Å². The summed E-state index contributed by atoms with van der Waals surface area (Å²) in [6, 6.07) is 10.7. The first-order chi connectivity index (χ1) is 20.8. The minimum absolute atomic E-state index is 0.128. The Morgan fingerprint density at radius 2 is 1.80 bits per heavy atom. The maximum atomic E-state index is 14.2. The topological polar surface area (TPSA) is 147 Å². The predicted octanol–water partition coefficient (Wildman–Crippen LogP) is 4.03. The molecule has 12 nitrogen and oxygen atoms in total. The van der Waals surface area contributed by atoms with Gasteiger partial charge >= 0.3 is 6.03 Å². The number of likely N-dealkylation sites (N-methyl/N-ethyl adjacent to an activating group) is 1. The molecule has 1 aliphatic rings. The summed E-state index contributed by atoms with van der Waals surface area (Å²) in [6.07, 6.45) is 2.73. The second-order valence-corrected chi connectivity index (χ2v) is 13.5. The molecule has 4 atom stereocenters. The molecule has 1 heterocycles. The number of hydrogen-bond donors (Lipinski definition) is 3. The molecule has 44 heavy (non-hydrogen) atoms. The highest BCUT2D eigenvalue weighted by Crippen LogP contribution is 2.29. The Morgan fingerprint density at radius 3 is 2.43 bits per heavy atom. The van der Waals surface area contributed by atoms with E-state index in [2.05, 4.69) is 10.6 Å². The van der Waals surface area contributed by atoms with Gasteiger partial charge in [-0.1, -0.05) is 6.92 Å². The number of urea groups is 1. The lowest BCUT2D eigenvalue weighted by atomic mass is 10.0. The fourth-order valence-electron chi connectivity index (χ4n) is 4.82.